The molecule has 1 heterocycles. The van der Waals surface area contributed by atoms with Crippen LogP contribution in [-0.2, 0) is 22.3 Å². The summed E-state index contributed by atoms with van der Waals surface area (Å²) in [5, 5.41) is 4.16. The average Bonchev–Trinajstić information content (AvgIpc) is 2.72. The van der Waals surface area contributed by atoms with Gasteiger partial charge in [-0.2, -0.15) is 0 Å². The summed E-state index contributed by atoms with van der Waals surface area (Å²) < 4.78 is 12.7. The van der Waals surface area contributed by atoms with E-state index in [1.165, 1.54) is 13.8 Å². The second-order valence-corrected chi connectivity index (χ2v) is 7.00. The number of carbonyl (C=O) groups excluding carboxylic acids is 2. The molecule has 1 aromatic heterocycles. The van der Waals surface area contributed by atoms with Crippen molar-refractivity contribution in [3.63, 3.8) is 0 Å². The van der Waals surface area contributed by atoms with E-state index < -0.39 is 32.6 Å². The number of aromatic nitrogens is 2. The minimum absolute atomic E-state index is 0.442. The second-order valence-electron chi connectivity index (χ2n) is 3.63. The fraction of sp³-hybridized carbons (Fsp3) is 0.545. The van der Waals surface area contributed by atoms with Crippen LogP contribution in [-0.4, -0.2) is 21.7 Å². The van der Waals surface area contributed by atoms with Gasteiger partial charge in [0.1, 0.15) is 0 Å². The quantitative estimate of drug-likeness (QED) is 0.721. The zero-order chi connectivity index (χ0) is 13.5. The Balaban J connectivity index is 2.74. The molecule has 0 aromatic carbocycles. The predicted octanol–water partition coefficient (Wildman–Crippen LogP) is 2.32. The van der Waals surface area contributed by atoms with Gasteiger partial charge in [-0.25, -0.2) is 0 Å². The number of rotatable bonds is 6. The summed E-state index contributed by atoms with van der Waals surface area (Å²) in [4.78, 5) is 22.0. The Morgan fingerprint density at radius 3 is 2.44 bits per heavy atom. The Hall–Kier alpha value is -1.12. The first-order chi connectivity index (χ1) is 8.52. The fourth-order valence-electron chi connectivity index (χ4n) is 1.16. The molecule has 0 saturated heterocycles. The molecule has 0 unspecified atom stereocenters. The topological polar surface area (TPSA) is 70.4 Å². The van der Waals surface area contributed by atoms with Crippen LogP contribution in [0.25, 0.3) is 0 Å². The Kier molecular flexibility index (Phi) is 6.10. The molecule has 0 spiro atoms. The molecule has 0 bridgehead atoms. The Labute approximate surface area is 114 Å². The van der Waals surface area contributed by atoms with Crippen molar-refractivity contribution in [1.82, 2.24) is 9.78 Å². The summed E-state index contributed by atoms with van der Waals surface area (Å²) in [6.07, 6.45) is 5.49. The van der Waals surface area contributed by atoms with Gasteiger partial charge in [0.15, 0.2) is 0 Å². The van der Waals surface area contributed by atoms with Gasteiger partial charge in [-0.3, -0.25) is 0 Å². The van der Waals surface area contributed by atoms with Crippen molar-refractivity contribution in [2.75, 3.05) is 0 Å². The number of halogens is 1. The van der Waals surface area contributed by atoms with Gasteiger partial charge in [0, 0.05) is 0 Å². The van der Waals surface area contributed by atoms with Crippen LogP contribution in [0.2, 0.25) is 0 Å². The van der Waals surface area contributed by atoms with Crippen LogP contribution < -0.4 is 0 Å². The van der Waals surface area contributed by atoms with E-state index in [4.69, 9.17) is 6.13 Å². The van der Waals surface area contributed by atoms with Gasteiger partial charge >= 0.3 is 114 Å². The number of nitrogens with zero attached hydrogens (tertiary/aromatic N) is 2. The first kappa shape index (κ1) is 14.9. The van der Waals surface area contributed by atoms with Crippen LogP contribution in [0, 0.1) is 3.57 Å². The molecule has 6 nitrogen and oxygen atoms in total. The third-order valence-electron chi connectivity index (χ3n) is 1.88. The minimum atomic E-state index is -2.69. The number of hydrogen-bond donors (Lipinski definition) is 0. The van der Waals surface area contributed by atoms with Crippen LogP contribution in [0.1, 0.15) is 33.6 Å². The predicted molar refractivity (Wildman–Crippen MR) is 73.4 cm³/mol. The Bertz CT molecular complexity index is 403. The number of unbranched alkanes of at least 4 members (excludes halogenated alkanes) is 1. The summed E-state index contributed by atoms with van der Waals surface area (Å²) in [5.74, 6) is -0.884. The summed E-state index contributed by atoms with van der Waals surface area (Å²) >= 11 is -2.69. The van der Waals surface area contributed by atoms with Gasteiger partial charge in [-0.15, -0.1) is 0 Å². The van der Waals surface area contributed by atoms with Crippen LogP contribution in [0.4, 0.5) is 0 Å². The van der Waals surface area contributed by atoms with Crippen molar-refractivity contribution < 1.29 is 15.7 Å². The number of hydrogen-bond acceptors (Lipinski definition) is 5. The van der Waals surface area contributed by atoms with Gasteiger partial charge in [0.25, 0.3) is 0 Å². The molecule has 0 radical (unpaired) electrons. The molecule has 18 heavy (non-hydrogen) atoms. The van der Waals surface area contributed by atoms with Crippen molar-refractivity contribution in [2.24, 2.45) is 0 Å². The summed E-state index contributed by atoms with van der Waals surface area (Å²) in [5.41, 5.74) is 0. The summed E-state index contributed by atoms with van der Waals surface area (Å²) in [6, 6.07) is 0. The van der Waals surface area contributed by atoms with Crippen LogP contribution in [0.3, 0.4) is 0 Å². The molecule has 102 valence electrons. The van der Waals surface area contributed by atoms with Gasteiger partial charge in [-0.05, 0) is 0 Å². The zero-order valence-corrected chi connectivity index (χ0v) is 12.8. The van der Waals surface area contributed by atoms with E-state index in [-0.39, 0.29) is 0 Å². The van der Waals surface area contributed by atoms with E-state index in [1.807, 2.05) is 0 Å². The third-order valence-corrected chi connectivity index (χ3v) is 5.49. The van der Waals surface area contributed by atoms with E-state index >= 15 is 0 Å². The van der Waals surface area contributed by atoms with Crippen LogP contribution in [0.5, 0.6) is 0 Å². The van der Waals surface area contributed by atoms with E-state index in [9.17, 15) is 9.59 Å². The molecule has 0 aliphatic rings. The van der Waals surface area contributed by atoms with Crippen LogP contribution >= 0.6 is 20.6 Å². The molecule has 0 N–H and O–H groups in total. The Morgan fingerprint density at radius 1 is 1.33 bits per heavy atom. The normalized spacial score (nSPS) is 10.9. The van der Waals surface area contributed by atoms with Crippen LogP contribution in [0.15, 0.2) is 12.4 Å². The standard InChI is InChI=1S/C11H17IN2O4/c1-4-5-6-14-8-11(7-13-14)12(17-9(2)15)18-10(3)16/h7-8H,4-6H2,1-3H3. The first-order valence-corrected chi connectivity index (χ1v) is 8.47. The molecule has 0 atom stereocenters. The van der Waals surface area contributed by atoms with E-state index in [1.54, 1.807) is 17.1 Å². The molecule has 1 rings (SSSR count). The monoisotopic (exact) mass is 368 g/mol. The molecule has 1 aromatic rings. The van der Waals surface area contributed by atoms with Crippen molar-refractivity contribution in [3.05, 3.63) is 16.0 Å². The van der Waals surface area contributed by atoms with Crippen molar-refractivity contribution in [2.45, 2.75) is 40.2 Å². The summed E-state index contributed by atoms with van der Waals surface area (Å²) in [7, 11) is 0. The van der Waals surface area contributed by atoms with E-state index in [0.717, 1.165) is 19.4 Å². The second kappa shape index (κ2) is 7.34. The zero-order valence-electron chi connectivity index (χ0n) is 10.7. The maximum absolute atomic E-state index is 11.0. The third kappa shape index (κ3) is 5.03. The first-order valence-electron chi connectivity index (χ1n) is 5.63. The number of carbonyl (C=O) groups is 2. The molecular weight excluding hydrogens is 351 g/mol. The van der Waals surface area contributed by atoms with Crippen molar-refractivity contribution in [3.8, 4) is 0 Å². The molecule has 0 saturated carbocycles. The molecule has 0 amide bonds. The molecule has 0 aliphatic carbocycles. The molecule has 0 aliphatic heterocycles. The molecular formula is C11H17IN2O4. The number of aryl methyl sites for hydroxylation is 1. The van der Waals surface area contributed by atoms with Crippen molar-refractivity contribution in [1.29, 1.82) is 0 Å². The summed E-state index contributed by atoms with van der Waals surface area (Å²) in [6.45, 7) is 5.51. The Morgan fingerprint density at radius 2 is 1.94 bits per heavy atom. The van der Waals surface area contributed by atoms with Gasteiger partial charge in [-0.1, -0.05) is 0 Å². The van der Waals surface area contributed by atoms with E-state index in [2.05, 4.69) is 12.0 Å². The molecule has 7 heteroatoms. The fourth-order valence-corrected chi connectivity index (χ4v) is 3.79. The van der Waals surface area contributed by atoms with Gasteiger partial charge in [0.05, 0.1) is 0 Å². The SMILES string of the molecule is CCCCn1cc(I(OC(C)=O)OC(C)=O)cn1. The average molecular weight is 368 g/mol. The molecule has 0 fully saturated rings. The van der Waals surface area contributed by atoms with E-state index in [0.29, 0.717) is 3.57 Å². The van der Waals surface area contributed by atoms with Crippen molar-refractivity contribution >= 4 is 32.6 Å². The van der Waals surface area contributed by atoms with Gasteiger partial charge < -0.3 is 0 Å². The maximum atomic E-state index is 11.0. The van der Waals surface area contributed by atoms with Gasteiger partial charge in [0.2, 0.25) is 0 Å².